The van der Waals surface area contributed by atoms with Gasteiger partial charge < -0.3 is 4.90 Å². The van der Waals surface area contributed by atoms with Gasteiger partial charge in [0, 0.05) is 19.0 Å². The van der Waals surface area contributed by atoms with Crippen LogP contribution >= 0.6 is 0 Å². The minimum absolute atomic E-state index is 0.642. The van der Waals surface area contributed by atoms with Crippen molar-refractivity contribution >= 4 is 6.08 Å². The van der Waals surface area contributed by atoms with Gasteiger partial charge in [-0.2, -0.15) is 0 Å². The zero-order chi connectivity index (χ0) is 13.3. The van der Waals surface area contributed by atoms with Crippen LogP contribution in [-0.4, -0.2) is 37.2 Å². The summed E-state index contributed by atoms with van der Waals surface area (Å²) >= 11 is 0. The highest BCUT2D eigenvalue weighted by atomic mass is 16.1. The molecular formula is C16H22N2O. The first-order valence-electron chi connectivity index (χ1n) is 7.21. The Hall–Kier alpha value is -1.44. The predicted molar refractivity (Wildman–Crippen MR) is 77.1 cm³/mol. The van der Waals surface area contributed by atoms with Gasteiger partial charge in [0.25, 0.3) is 0 Å². The molecule has 1 aromatic rings. The van der Waals surface area contributed by atoms with Crippen molar-refractivity contribution in [2.45, 2.75) is 31.6 Å². The van der Waals surface area contributed by atoms with Crippen molar-refractivity contribution in [1.82, 2.24) is 4.90 Å². The van der Waals surface area contributed by atoms with E-state index in [1.165, 1.54) is 44.5 Å². The van der Waals surface area contributed by atoms with Crippen LogP contribution in [0.1, 0.15) is 37.2 Å². The van der Waals surface area contributed by atoms with E-state index in [0.29, 0.717) is 6.54 Å². The molecule has 102 valence electrons. The molecule has 19 heavy (non-hydrogen) atoms. The van der Waals surface area contributed by atoms with Gasteiger partial charge in [0.05, 0.1) is 6.54 Å². The van der Waals surface area contributed by atoms with Gasteiger partial charge >= 0.3 is 0 Å². The average molecular weight is 258 g/mol. The molecule has 0 amide bonds. The summed E-state index contributed by atoms with van der Waals surface area (Å²) in [5.41, 5.74) is 1.48. The fraction of sp³-hybridized carbons (Fsp3) is 0.562. The normalized spacial score (nSPS) is 15.8. The van der Waals surface area contributed by atoms with E-state index in [0.717, 1.165) is 12.3 Å². The molecule has 1 aliphatic rings. The number of nitrogens with zero attached hydrogens (tertiary/aromatic N) is 2. The van der Waals surface area contributed by atoms with E-state index in [-0.39, 0.29) is 0 Å². The number of likely N-dealkylation sites (tertiary alicyclic amines) is 1. The minimum Gasteiger partial charge on any atom is -0.302 e. The number of rotatable bonds is 8. The van der Waals surface area contributed by atoms with Crippen LogP contribution in [0.15, 0.2) is 35.3 Å². The highest BCUT2D eigenvalue weighted by Gasteiger charge is 2.26. The van der Waals surface area contributed by atoms with Crippen molar-refractivity contribution in [3.63, 3.8) is 0 Å². The van der Waals surface area contributed by atoms with Crippen molar-refractivity contribution in [3.8, 4) is 0 Å². The molecule has 1 heterocycles. The fourth-order valence-electron chi connectivity index (χ4n) is 2.61. The number of hydrogen-bond acceptors (Lipinski definition) is 3. The summed E-state index contributed by atoms with van der Waals surface area (Å²) in [4.78, 5) is 16.0. The molecule has 0 aromatic heterocycles. The van der Waals surface area contributed by atoms with Gasteiger partial charge in [-0.3, -0.25) is 0 Å². The lowest BCUT2D eigenvalue weighted by Crippen LogP contribution is -2.45. The number of isocyanates is 1. The molecule has 0 spiro atoms. The molecule has 0 radical (unpaired) electrons. The third-order valence-electron chi connectivity index (χ3n) is 3.79. The lowest BCUT2D eigenvalue weighted by atomic mass is 9.91. The molecule has 1 aliphatic heterocycles. The Morgan fingerprint density at radius 1 is 1.11 bits per heavy atom. The third-order valence-corrected chi connectivity index (χ3v) is 3.79. The Balaban J connectivity index is 1.50. The Morgan fingerprint density at radius 2 is 1.84 bits per heavy atom. The van der Waals surface area contributed by atoms with Gasteiger partial charge in [0.2, 0.25) is 6.08 Å². The molecule has 1 fully saturated rings. The number of carbonyl (C=O) groups excluding carboxylic acids is 1. The maximum absolute atomic E-state index is 9.88. The van der Waals surface area contributed by atoms with Crippen molar-refractivity contribution in [3.05, 3.63) is 35.9 Å². The van der Waals surface area contributed by atoms with Crippen LogP contribution in [0.4, 0.5) is 0 Å². The summed E-state index contributed by atoms with van der Waals surface area (Å²) in [5, 5.41) is 0. The SMILES string of the molecule is O=C=NCCCCCCN1CC(c2ccccc2)C1. The van der Waals surface area contributed by atoms with E-state index in [4.69, 9.17) is 0 Å². The van der Waals surface area contributed by atoms with Gasteiger partial charge in [0.1, 0.15) is 0 Å². The lowest BCUT2D eigenvalue weighted by molar-refractivity contribution is 0.145. The van der Waals surface area contributed by atoms with Crippen LogP contribution in [-0.2, 0) is 4.79 Å². The predicted octanol–water partition coefficient (Wildman–Crippen LogP) is 2.98. The summed E-state index contributed by atoms with van der Waals surface area (Å²) < 4.78 is 0. The van der Waals surface area contributed by atoms with Gasteiger partial charge in [-0.15, -0.1) is 0 Å². The lowest BCUT2D eigenvalue weighted by Gasteiger charge is -2.39. The molecule has 3 nitrogen and oxygen atoms in total. The first-order chi connectivity index (χ1) is 9.40. The molecule has 0 unspecified atom stereocenters. The standard InChI is InChI=1S/C16H22N2O/c19-14-17-10-6-1-2-7-11-18-12-16(13-18)15-8-4-3-5-9-15/h3-5,8-9,16H,1-2,6-7,10-13H2. The fourth-order valence-corrected chi connectivity index (χ4v) is 2.61. The van der Waals surface area contributed by atoms with Crippen LogP contribution < -0.4 is 0 Å². The summed E-state index contributed by atoms with van der Waals surface area (Å²) in [7, 11) is 0. The maximum atomic E-state index is 9.88. The number of benzene rings is 1. The van der Waals surface area contributed by atoms with E-state index < -0.39 is 0 Å². The van der Waals surface area contributed by atoms with Crippen molar-refractivity contribution in [2.24, 2.45) is 4.99 Å². The summed E-state index contributed by atoms with van der Waals surface area (Å²) in [5.74, 6) is 0.739. The average Bonchev–Trinajstić information content (AvgIpc) is 2.40. The molecular weight excluding hydrogens is 236 g/mol. The van der Waals surface area contributed by atoms with E-state index in [1.54, 1.807) is 6.08 Å². The van der Waals surface area contributed by atoms with E-state index in [2.05, 4.69) is 40.2 Å². The largest absolute Gasteiger partial charge is 0.302 e. The zero-order valence-electron chi connectivity index (χ0n) is 11.4. The number of unbranched alkanes of at least 4 members (excludes halogenated alkanes) is 3. The Labute approximate surface area is 115 Å². The molecule has 1 saturated heterocycles. The molecule has 0 saturated carbocycles. The van der Waals surface area contributed by atoms with Crippen LogP contribution in [0.25, 0.3) is 0 Å². The second-order valence-electron chi connectivity index (χ2n) is 5.25. The Morgan fingerprint density at radius 3 is 2.58 bits per heavy atom. The topological polar surface area (TPSA) is 32.7 Å². The van der Waals surface area contributed by atoms with Crippen molar-refractivity contribution in [2.75, 3.05) is 26.2 Å². The van der Waals surface area contributed by atoms with Crippen LogP contribution in [0.3, 0.4) is 0 Å². The highest BCUT2D eigenvalue weighted by Crippen LogP contribution is 2.26. The molecule has 2 rings (SSSR count). The molecule has 0 atom stereocenters. The second-order valence-corrected chi connectivity index (χ2v) is 5.25. The smallest absolute Gasteiger partial charge is 0.234 e. The maximum Gasteiger partial charge on any atom is 0.234 e. The van der Waals surface area contributed by atoms with Crippen molar-refractivity contribution < 1.29 is 4.79 Å². The molecule has 3 heteroatoms. The quantitative estimate of drug-likeness (QED) is 0.408. The van der Waals surface area contributed by atoms with Gasteiger partial charge in [0.15, 0.2) is 0 Å². The molecule has 0 aliphatic carbocycles. The third kappa shape index (κ3) is 4.62. The van der Waals surface area contributed by atoms with Gasteiger partial charge in [-0.25, -0.2) is 9.79 Å². The van der Waals surface area contributed by atoms with Crippen LogP contribution in [0.2, 0.25) is 0 Å². The van der Waals surface area contributed by atoms with Gasteiger partial charge in [-0.1, -0.05) is 43.2 Å². The first kappa shape index (κ1) is 14.0. The first-order valence-corrected chi connectivity index (χ1v) is 7.21. The Bertz CT molecular complexity index is 406. The zero-order valence-corrected chi connectivity index (χ0v) is 11.4. The van der Waals surface area contributed by atoms with E-state index in [1.807, 2.05) is 0 Å². The monoisotopic (exact) mass is 258 g/mol. The van der Waals surface area contributed by atoms with Crippen molar-refractivity contribution in [1.29, 1.82) is 0 Å². The van der Waals surface area contributed by atoms with Crippen LogP contribution in [0, 0.1) is 0 Å². The highest BCUT2D eigenvalue weighted by molar-refractivity contribution is 5.32. The summed E-state index contributed by atoms with van der Waals surface area (Å²) in [6.45, 7) is 4.27. The summed E-state index contributed by atoms with van der Waals surface area (Å²) in [6, 6.07) is 10.8. The molecule has 0 N–H and O–H groups in total. The molecule has 0 bridgehead atoms. The number of aliphatic imine (C=N–C) groups is 1. The molecule has 1 aromatic carbocycles. The Kier molecular flexibility index (Phi) is 5.80. The van der Waals surface area contributed by atoms with E-state index >= 15 is 0 Å². The van der Waals surface area contributed by atoms with Gasteiger partial charge in [-0.05, 0) is 24.9 Å². The van der Waals surface area contributed by atoms with Crippen LogP contribution in [0.5, 0.6) is 0 Å². The summed E-state index contributed by atoms with van der Waals surface area (Å²) in [6.07, 6.45) is 6.26. The minimum atomic E-state index is 0.642. The second kappa shape index (κ2) is 7.88. The van der Waals surface area contributed by atoms with E-state index in [9.17, 15) is 4.79 Å². The number of hydrogen-bond donors (Lipinski definition) is 0.